The van der Waals surface area contributed by atoms with Crippen molar-refractivity contribution in [3.63, 3.8) is 0 Å². The van der Waals surface area contributed by atoms with Gasteiger partial charge < -0.3 is 4.74 Å². The lowest BCUT2D eigenvalue weighted by Crippen LogP contribution is -2.28. The lowest BCUT2D eigenvalue weighted by atomic mass is 10.0. The predicted molar refractivity (Wildman–Crippen MR) is 166 cm³/mol. The fourth-order valence-corrected chi connectivity index (χ4v) is 13.3. The average molecular weight is 540 g/mol. The van der Waals surface area contributed by atoms with Crippen LogP contribution >= 0.6 is 16.1 Å². The summed E-state index contributed by atoms with van der Waals surface area (Å²) in [5.74, 6) is 0.941. The first kappa shape index (κ1) is 27.1. The van der Waals surface area contributed by atoms with E-state index >= 15 is 0 Å². The van der Waals surface area contributed by atoms with Crippen LogP contribution in [0.2, 0.25) is 0 Å². The number of hydrogen-bond acceptors (Lipinski definition) is 2. The number of hydrogen-bond donors (Lipinski definition) is 0. The molecule has 4 aromatic rings. The maximum atomic E-state index is 5.73. The third-order valence-corrected chi connectivity index (χ3v) is 13.9. The largest absolute Gasteiger partial charge is 0.497 e. The second kappa shape index (κ2) is 13.0. The molecule has 0 aromatic heterocycles. The fourth-order valence-electron chi connectivity index (χ4n) is 5.64. The Labute approximate surface area is 231 Å². The first-order valence-corrected chi connectivity index (χ1v) is 16.6. The summed E-state index contributed by atoms with van der Waals surface area (Å²) in [5, 5.41) is 2.83. The van der Waals surface area contributed by atoms with Gasteiger partial charge in [0.1, 0.15) is 5.75 Å². The second-order valence-electron chi connectivity index (χ2n) is 10.1. The third-order valence-electron chi connectivity index (χ3n) is 7.47. The number of benzene rings is 4. The van der Waals surface area contributed by atoms with Gasteiger partial charge in [-0.1, -0.05) is 110 Å². The minimum Gasteiger partial charge on any atom is -0.497 e. The van der Waals surface area contributed by atoms with E-state index in [-0.39, 0.29) is 0 Å². The van der Waals surface area contributed by atoms with E-state index in [1.807, 2.05) is 0 Å². The molecule has 4 heteroatoms. The van der Waals surface area contributed by atoms with Crippen molar-refractivity contribution in [3.05, 3.63) is 126 Å². The molecule has 1 saturated heterocycles. The standard InChI is InChI=1S/C34H39NOP2/c1-4-5-24-35(37(31-20-12-14-27(2)25-31)32-21-13-19-30(26-32)36-3)38-33(28-15-8-6-9-16-28)22-23-34(38)29-17-10-7-11-18-29/h6-21,25-26,33-34H,4-5,22-24H2,1-3H3/t33-,34-,37?/m0/s1. The first-order chi connectivity index (χ1) is 18.7. The predicted octanol–water partition coefficient (Wildman–Crippen LogP) is 9.13. The van der Waals surface area contributed by atoms with Crippen LogP contribution in [0.15, 0.2) is 109 Å². The molecule has 1 heterocycles. The molecular weight excluding hydrogens is 500 g/mol. The van der Waals surface area contributed by atoms with E-state index in [1.54, 1.807) is 7.11 Å². The van der Waals surface area contributed by atoms with Crippen LogP contribution in [0.3, 0.4) is 0 Å². The summed E-state index contributed by atoms with van der Waals surface area (Å²) in [6, 6.07) is 40.8. The Kier molecular flexibility index (Phi) is 9.29. The SMILES string of the molecule is CCCCN(P(c1cccc(C)c1)c1cccc(OC)c1)P1[C@H](c2ccccc2)CC[C@H]1c1ccccc1. The molecule has 0 bridgehead atoms. The molecule has 196 valence electrons. The molecule has 0 amide bonds. The van der Waals surface area contributed by atoms with Gasteiger partial charge in [-0.25, -0.2) is 0 Å². The van der Waals surface area contributed by atoms with E-state index in [0.717, 1.165) is 12.3 Å². The van der Waals surface area contributed by atoms with E-state index in [4.69, 9.17) is 4.74 Å². The average Bonchev–Trinajstić information content (AvgIpc) is 3.41. The molecular formula is C34H39NOP2. The Morgan fingerprint density at radius 3 is 1.89 bits per heavy atom. The van der Waals surface area contributed by atoms with E-state index in [2.05, 4.69) is 127 Å². The van der Waals surface area contributed by atoms with Gasteiger partial charge in [0.25, 0.3) is 0 Å². The summed E-state index contributed by atoms with van der Waals surface area (Å²) < 4.78 is 8.72. The van der Waals surface area contributed by atoms with Crippen LogP contribution < -0.4 is 15.3 Å². The summed E-state index contributed by atoms with van der Waals surface area (Å²) in [7, 11) is 0.563. The smallest absolute Gasteiger partial charge is 0.119 e. The zero-order chi connectivity index (χ0) is 26.3. The maximum Gasteiger partial charge on any atom is 0.119 e. The van der Waals surface area contributed by atoms with E-state index in [9.17, 15) is 0 Å². The van der Waals surface area contributed by atoms with Gasteiger partial charge in [-0.2, -0.15) is 0 Å². The lowest BCUT2D eigenvalue weighted by molar-refractivity contribution is 0.415. The highest BCUT2D eigenvalue weighted by Gasteiger charge is 2.44. The van der Waals surface area contributed by atoms with Crippen LogP contribution in [0.4, 0.5) is 0 Å². The van der Waals surface area contributed by atoms with Crippen molar-refractivity contribution in [1.29, 1.82) is 0 Å². The summed E-state index contributed by atoms with van der Waals surface area (Å²) in [6.45, 7) is 5.66. The van der Waals surface area contributed by atoms with Gasteiger partial charge in [0, 0.05) is 25.9 Å². The van der Waals surface area contributed by atoms with Crippen molar-refractivity contribution in [2.45, 2.75) is 50.8 Å². The highest BCUT2D eigenvalue weighted by Crippen LogP contribution is 2.76. The zero-order valence-electron chi connectivity index (χ0n) is 22.8. The highest BCUT2D eigenvalue weighted by atomic mass is 31.2. The van der Waals surface area contributed by atoms with E-state index in [0.29, 0.717) is 11.3 Å². The number of methoxy groups -OCH3 is 1. The molecule has 1 aliphatic rings. The highest BCUT2D eigenvalue weighted by molar-refractivity contribution is 7.79. The molecule has 0 saturated carbocycles. The number of ether oxygens (including phenoxy) is 1. The normalized spacial score (nSPS) is 18.5. The molecule has 4 aromatic carbocycles. The molecule has 2 nitrogen and oxygen atoms in total. The minimum atomic E-state index is -0.727. The second-order valence-corrected chi connectivity index (χ2v) is 15.1. The van der Waals surface area contributed by atoms with Gasteiger partial charge in [0.2, 0.25) is 0 Å². The Morgan fingerprint density at radius 2 is 1.34 bits per heavy atom. The summed E-state index contributed by atoms with van der Waals surface area (Å²) in [5.41, 5.74) is 5.46. The Hall–Kier alpha value is -2.50. The van der Waals surface area contributed by atoms with Crippen LogP contribution in [-0.2, 0) is 0 Å². The first-order valence-electron chi connectivity index (χ1n) is 13.9. The zero-order valence-corrected chi connectivity index (χ0v) is 24.6. The van der Waals surface area contributed by atoms with Gasteiger partial charge >= 0.3 is 0 Å². The summed E-state index contributed by atoms with van der Waals surface area (Å²) in [4.78, 5) is 0. The van der Waals surface area contributed by atoms with Gasteiger partial charge in [-0.15, -0.1) is 0 Å². The van der Waals surface area contributed by atoms with Crippen molar-refractivity contribution in [2.24, 2.45) is 0 Å². The Morgan fingerprint density at radius 1 is 0.763 bits per heavy atom. The molecule has 0 spiro atoms. The molecule has 1 aliphatic heterocycles. The van der Waals surface area contributed by atoms with Crippen LogP contribution in [0.1, 0.15) is 60.6 Å². The van der Waals surface area contributed by atoms with Crippen molar-refractivity contribution < 1.29 is 4.74 Å². The van der Waals surface area contributed by atoms with E-state index < -0.39 is 16.1 Å². The van der Waals surface area contributed by atoms with Crippen LogP contribution in [-0.4, -0.2) is 18.1 Å². The fraction of sp³-hybridized carbons (Fsp3) is 0.294. The Balaban J connectivity index is 1.69. The molecule has 3 atom stereocenters. The molecule has 0 aliphatic carbocycles. The molecule has 38 heavy (non-hydrogen) atoms. The van der Waals surface area contributed by atoms with Gasteiger partial charge in [0.15, 0.2) is 0 Å². The molecule has 0 radical (unpaired) electrons. The topological polar surface area (TPSA) is 12.5 Å². The van der Waals surface area contributed by atoms with E-state index in [1.165, 1.54) is 53.0 Å². The Bertz CT molecular complexity index is 1250. The van der Waals surface area contributed by atoms with Gasteiger partial charge in [-0.05, 0) is 74.2 Å². The number of unbranched alkanes of at least 4 members (excludes halogenated alkanes) is 1. The van der Waals surface area contributed by atoms with Gasteiger partial charge in [-0.3, -0.25) is 4.44 Å². The molecule has 0 N–H and O–H groups in total. The third kappa shape index (κ3) is 6.05. The minimum absolute atomic E-state index is 0.488. The van der Waals surface area contributed by atoms with Gasteiger partial charge in [0.05, 0.1) is 7.11 Å². The number of nitrogens with zero attached hydrogens (tertiary/aromatic N) is 1. The molecule has 1 fully saturated rings. The van der Waals surface area contributed by atoms with Crippen molar-refractivity contribution >= 4 is 26.8 Å². The number of rotatable bonds is 10. The summed E-state index contributed by atoms with van der Waals surface area (Å²) in [6.07, 6.45) is 4.89. The molecule has 5 rings (SSSR count). The van der Waals surface area contributed by atoms with Crippen molar-refractivity contribution in [1.82, 2.24) is 4.44 Å². The molecule has 1 unspecified atom stereocenters. The lowest BCUT2D eigenvalue weighted by Gasteiger charge is -2.42. The maximum absolute atomic E-state index is 5.73. The van der Waals surface area contributed by atoms with Crippen LogP contribution in [0.5, 0.6) is 5.75 Å². The number of aryl methyl sites for hydroxylation is 1. The van der Waals surface area contributed by atoms with Crippen LogP contribution in [0.25, 0.3) is 0 Å². The monoisotopic (exact) mass is 539 g/mol. The quantitative estimate of drug-likeness (QED) is 0.186. The van der Waals surface area contributed by atoms with Crippen molar-refractivity contribution in [3.8, 4) is 5.75 Å². The summed E-state index contributed by atoms with van der Waals surface area (Å²) >= 11 is 0. The van der Waals surface area contributed by atoms with Crippen molar-refractivity contribution in [2.75, 3.05) is 13.7 Å². The van der Waals surface area contributed by atoms with Crippen LogP contribution in [0, 0.1) is 6.92 Å².